The van der Waals surface area contributed by atoms with Crippen LogP contribution in [0.2, 0.25) is 0 Å². The fraction of sp³-hybridized carbons (Fsp3) is 0.917. The molecule has 1 aliphatic carbocycles. The molecular formula is C12H24N2O. The van der Waals surface area contributed by atoms with E-state index in [1.807, 2.05) is 0 Å². The molecule has 0 radical (unpaired) electrons. The van der Waals surface area contributed by atoms with E-state index >= 15 is 0 Å². The summed E-state index contributed by atoms with van der Waals surface area (Å²) >= 11 is 0. The summed E-state index contributed by atoms with van der Waals surface area (Å²) < 4.78 is 0. The van der Waals surface area contributed by atoms with Crippen LogP contribution in [0.4, 0.5) is 0 Å². The van der Waals surface area contributed by atoms with Crippen LogP contribution in [-0.4, -0.2) is 18.5 Å². The molecule has 1 aliphatic rings. The zero-order chi connectivity index (χ0) is 11.7. The van der Waals surface area contributed by atoms with Gasteiger partial charge >= 0.3 is 0 Å². The Kier molecular flexibility index (Phi) is 3.44. The molecule has 0 aromatic carbocycles. The summed E-state index contributed by atoms with van der Waals surface area (Å²) in [5, 5.41) is 3.02. The van der Waals surface area contributed by atoms with E-state index in [1.165, 1.54) is 6.42 Å². The first-order chi connectivity index (χ1) is 6.74. The Morgan fingerprint density at radius 1 is 1.27 bits per heavy atom. The monoisotopic (exact) mass is 212 g/mol. The predicted octanol–water partition coefficient (Wildman–Crippen LogP) is 1.67. The van der Waals surface area contributed by atoms with E-state index in [0.717, 1.165) is 12.8 Å². The Hall–Kier alpha value is -0.570. The van der Waals surface area contributed by atoms with Gasteiger partial charge in [0.1, 0.15) is 0 Å². The van der Waals surface area contributed by atoms with Gasteiger partial charge in [0.15, 0.2) is 0 Å². The van der Waals surface area contributed by atoms with Gasteiger partial charge in [-0.2, -0.15) is 0 Å². The average molecular weight is 212 g/mol. The number of carbonyl (C=O) groups excluding carboxylic acids is 1. The highest BCUT2D eigenvalue weighted by Crippen LogP contribution is 2.45. The smallest absolute Gasteiger partial charge is 0.233 e. The van der Waals surface area contributed by atoms with Crippen molar-refractivity contribution in [3.63, 3.8) is 0 Å². The lowest BCUT2D eigenvalue weighted by atomic mass is 9.63. The zero-order valence-electron chi connectivity index (χ0n) is 10.4. The number of amides is 1. The molecule has 0 aromatic rings. The SMILES string of the molecule is CC1(C)CC(NC(=O)CN)CC(C)(C)C1. The van der Waals surface area contributed by atoms with Crippen molar-refractivity contribution in [2.24, 2.45) is 16.6 Å². The van der Waals surface area contributed by atoms with Crippen LogP contribution in [0.1, 0.15) is 47.0 Å². The molecule has 1 rings (SSSR count). The van der Waals surface area contributed by atoms with Crippen LogP contribution < -0.4 is 11.1 Å². The molecule has 0 heterocycles. The maximum atomic E-state index is 11.3. The van der Waals surface area contributed by atoms with Crippen molar-refractivity contribution in [3.05, 3.63) is 0 Å². The third kappa shape index (κ3) is 3.82. The first-order valence-electron chi connectivity index (χ1n) is 5.74. The first-order valence-corrected chi connectivity index (χ1v) is 5.74. The van der Waals surface area contributed by atoms with Gasteiger partial charge in [-0.05, 0) is 30.1 Å². The van der Waals surface area contributed by atoms with E-state index in [0.29, 0.717) is 16.9 Å². The molecule has 0 atom stereocenters. The summed E-state index contributed by atoms with van der Waals surface area (Å²) in [5.41, 5.74) is 5.94. The summed E-state index contributed by atoms with van der Waals surface area (Å²) in [5.74, 6) is -0.0338. The van der Waals surface area contributed by atoms with Crippen molar-refractivity contribution >= 4 is 5.91 Å². The van der Waals surface area contributed by atoms with Crippen molar-refractivity contribution in [1.29, 1.82) is 0 Å². The highest BCUT2D eigenvalue weighted by atomic mass is 16.1. The van der Waals surface area contributed by atoms with Gasteiger partial charge in [0.05, 0.1) is 6.54 Å². The van der Waals surface area contributed by atoms with Gasteiger partial charge in [-0.1, -0.05) is 27.7 Å². The number of hydrogen-bond donors (Lipinski definition) is 2. The number of nitrogens with two attached hydrogens (primary N) is 1. The predicted molar refractivity (Wildman–Crippen MR) is 62.4 cm³/mol. The van der Waals surface area contributed by atoms with Crippen molar-refractivity contribution < 1.29 is 4.79 Å². The highest BCUT2D eigenvalue weighted by molar-refractivity contribution is 5.78. The van der Waals surface area contributed by atoms with Gasteiger partial charge in [-0.15, -0.1) is 0 Å². The van der Waals surface area contributed by atoms with Crippen LogP contribution in [0.25, 0.3) is 0 Å². The van der Waals surface area contributed by atoms with E-state index in [1.54, 1.807) is 0 Å². The van der Waals surface area contributed by atoms with Crippen LogP contribution in [0, 0.1) is 10.8 Å². The molecule has 1 saturated carbocycles. The second-order valence-electron chi connectivity index (χ2n) is 6.38. The Bertz CT molecular complexity index is 230. The lowest BCUT2D eigenvalue weighted by molar-refractivity contribution is -0.121. The molecule has 15 heavy (non-hydrogen) atoms. The molecule has 3 heteroatoms. The second-order valence-corrected chi connectivity index (χ2v) is 6.38. The first kappa shape index (κ1) is 12.5. The van der Waals surface area contributed by atoms with Gasteiger partial charge in [-0.3, -0.25) is 4.79 Å². The zero-order valence-corrected chi connectivity index (χ0v) is 10.4. The molecular weight excluding hydrogens is 188 g/mol. The van der Waals surface area contributed by atoms with Crippen LogP contribution >= 0.6 is 0 Å². The van der Waals surface area contributed by atoms with Crippen LogP contribution in [-0.2, 0) is 4.79 Å². The number of rotatable bonds is 2. The highest BCUT2D eigenvalue weighted by Gasteiger charge is 2.38. The molecule has 88 valence electrons. The molecule has 0 saturated heterocycles. The van der Waals surface area contributed by atoms with E-state index in [4.69, 9.17) is 5.73 Å². The second kappa shape index (κ2) is 4.12. The Morgan fingerprint density at radius 2 is 1.73 bits per heavy atom. The van der Waals surface area contributed by atoms with Gasteiger partial charge in [-0.25, -0.2) is 0 Å². The standard InChI is InChI=1S/C12H24N2O/c1-11(2)5-9(14-10(15)7-13)6-12(3,4)8-11/h9H,5-8,13H2,1-4H3,(H,14,15). The van der Waals surface area contributed by atoms with Gasteiger partial charge in [0.25, 0.3) is 0 Å². The average Bonchev–Trinajstić information content (AvgIpc) is 1.97. The Balaban J connectivity index is 2.63. The molecule has 1 amide bonds. The largest absolute Gasteiger partial charge is 0.352 e. The lowest BCUT2D eigenvalue weighted by Crippen LogP contribution is -2.47. The number of carbonyl (C=O) groups is 1. The fourth-order valence-corrected chi connectivity index (χ4v) is 3.23. The molecule has 0 bridgehead atoms. The summed E-state index contributed by atoms with van der Waals surface area (Å²) in [6.45, 7) is 9.19. The molecule has 3 N–H and O–H groups in total. The third-order valence-corrected chi connectivity index (χ3v) is 3.11. The van der Waals surface area contributed by atoms with Gasteiger partial charge in [0, 0.05) is 6.04 Å². The summed E-state index contributed by atoms with van der Waals surface area (Å²) in [4.78, 5) is 11.3. The molecule has 0 spiro atoms. The summed E-state index contributed by atoms with van der Waals surface area (Å²) in [7, 11) is 0. The van der Waals surface area contributed by atoms with Crippen LogP contribution in [0.3, 0.4) is 0 Å². The van der Waals surface area contributed by atoms with Gasteiger partial charge < -0.3 is 11.1 Å². The molecule has 0 aromatic heterocycles. The summed E-state index contributed by atoms with van der Waals surface area (Å²) in [6.07, 6.45) is 3.33. The molecule has 0 aliphatic heterocycles. The molecule has 3 nitrogen and oxygen atoms in total. The van der Waals surface area contributed by atoms with Crippen molar-refractivity contribution in [2.45, 2.75) is 53.0 Å². The van der Waals surface area contributed by atoms with Crippen molar-refractivity contribution in [3.8, 4) is 0 Å². The van der Waals surface area contributed by atoms with E-state index in [9.17, 15) is 4.79 Å². The summed E-state index contributed by atoms with van der Waals surface area (Å²) in [6, 6.07) is 0.291. The minimum atomic E-state index is -0.0338. The van der Waals surface area contributed by atoms with E-state index in [-0.39, 0.29) is 12.5 Å². The van der Waals surface area contributed by atoms with Crippen molar-refractivity contribution in [1.82, 2.24) is 5.32 Å². The molecule has 0 unspecified atom stereocenters. The maximum Gasteiger partial charge on any atom is 0.233 e. The maximum absolute atomic E-state index is 11.3. The molecule has 1 fully saturated rings. The normalized spacial score (nSPS) is 24.9. The van der Waals surface area contributed by atoms with Crippen LogP contribution in [0.15, 0.2) is 0 Å². The van der Waals surface area contributed by atoms with Gasteiger partial charge in [0.2, 0.25) is 5.91 Å². The van der Waals surface area contributed by atoms with E-state index < -0.39 is 0 Å². The lowest BCUT2D eigenvalue weighted by Gasteiger charge is -2.45. The number of nitrogens with one attached hydrogen (secondary N) is 1. The van der Waals surface area contributed by atoms with Crippen molar-refractivity contribution in [2.75, 3.05) is 6.54 Å². The quantitative estimate of drug-likeness (QED) is 0.731. The van der Waals surface area contributed by atoms with E-state index in [2.05, 4.69) is 33.0 Å². The minimum absolute atomic E-state index is 0.0338. The fourth-order valence-electron chi connectivity index (χ4n) is 3.23. The Morgan fingerprint density at radius 3 is 2.13 bits per heavy atom. The third-order valence-electron chi connectivity index (χ3n) is 3.11. The Labute approximate surface area is 92.8 Å². The minimum Gasteiger partial charge on any atom is -0.352 e. The van der Waals surface area contributed by atoms with Crippen LogP contribution in [0.5, 0.6) is 0 Å². The topological polar surface area (TPSA) is 55.1 Å². The number of hydrogen-bond acceptors (Lipinski definition) is 2.